The first-order valence-electron chi connectivity index (χ1n) is 8.99. The minimum atomic E-state index is -3.69. The topological polar surface area (TPSA) is 64.6 Å². The SMILES string of the molecule is COc1ccc(C(CC(C)C)NS(=O)(=O)c2c(C)cc(OC)cc2C)cc1. The van der Waals surface area contributed by atoms with Crippen LogP contribution >= 0.6 is 0 Å². The van der Waals surface area contributed by atoms with Crippen LogP contribution in [-0.4, -0.2) is 22.6 Å². The van der Waals surface area contributed by atoms with E-state index in [9.17, 15) is 8.42 Å². The van der Waals surface area contributed by atoms with Gasteiger partial charge in [-0.2, -0.15) is 0 Å². The molecule has 0 saturated heterocycles. The Kier molecular flexibility index (Phi) is 6.89. The zero-order valence-electron chi connectivity index (χ0n) is 16.9. The molecule has 1 atom stereocenters. The number of ether oxygens (including phenoxy) is 2. The molecule has 0 aliphatic heterocycles. The summed E-state index contributed by atoms with van der Waals surface area (Å²) in [5.74, 6) is 1.72. The number of hydrogen-bond acceptors (Lipinski definition) is 4. The minimum absolute atomic E-state index is 0.311. The highest BCUT2D eigenvalue weighted by Crippen LogP contribution is 2.29. The molecule has 1 N–H and O–H groups in total. The van der Waals surface area contributed by atoms with Gasteiger partial charge in [0.2, 0.25) is 10.0 Å². The van der Waals surface area contributed by atoms with Crippen LogP contribution in [0.15, 0.2) is 41.3 Å². The highest BCUT2D eigenvalue weighted by atomic mass is 32.2. The summed E-state index contributed by atoms with van der Waals surface area (Å²) in [5.41, 5.74) is 2.24. The molecule has 2 aromatic rings. The number of benzene rings is 2. The molecule has 0 saturated carbocycles. The molecule has 27 heavy (non-hydrogen) atoms. The van der Waals surface area contributed by atoms with Crippen LogP contribution in [0.5, 0.6) is 11.5 Å². The van der Waals surface area contributed by atoms with Crippen LogP contribution in [0.2, 0.25) is 0 Å². The fraction of sp³-hybridized carbons (Fsp3) is 0.429. The molecular weight excluding hydrogens is 362 g/mol. The summed E-state index contributed by atoms with van der Waals surface area (Å²) in [6, 6.07) is 10.7. The van der Waals surface area contributed by atoms with E-state index in [0.29, 0.717) is 34.1 Å². The van der Waals surface area contributed by atoms with Crippen LogP contribution in [0.4, 0.5) is 0 Å². The molecule has 6 heteroatoms. The van der Waals surface area contributed by atoms with Gasteiger partial charge in [0.05, 0.1) is 19.1 Å². The summed E-state index contributed by atoms with van der Waals surface area (Å²) >= 11 is 0. The van der Waals surface area contributed by atoms with Crippen molar-refractivity contribution in [2.75, 3.05) is 14.2 Å². The molecule has 0 spiro atoms. The quantitative estimate of drug-likeness (QED) is 0.725. The highest BCUT2D eigenvalue weighted by molar-refractivity contribution is 7.89. The summed E-state index contributed by atoms with van der Waals surface area (Å²) in [4.78, 5) is 0.311. The molecule has 0 bridgehead atoms. The molecule has 0 fully saturated rings. The van der Waals surface area contributed by atoms with Crippen molar-refractivity contribution in [2.45, 2.75) is 45.1 Å². The lowest BCUT2D eigenvalue weighted by Gasteiger charge is -2.23. The number of methoxy groups -OCH3 is 2. The first-order valence-corrected chi connectivity index (χ1v) is 10.5. The van der Waals surface area contributed by atoms with Crippen LogP contribution in [0.3, 0.4) is 0 Å². The van der Waals surface area contributed by atoms with E-state index in [1.807, 2.05) is 24.3 Å². The smallest absolute Gasteiger partial charge is 0.241 e. The maximum absolute atomic E-state index is 13.2. The molecule has 5 nitrogen and oxygen atoms in total. The number of rotatable bonds is 8. The number of sulfonamides is 1. The van der Waals surface area contributed by atoms with Gasteiger partial charge in [-0.05, 0) is 67.1 Å². The molecule has 0 heterocycles. The molecular formula is C21H29NO4S. The Morgan fingerprint density at radius 2 is 1.44 bits per heavy atom. The van der Waals surface area contributed by atoms with Crippen molar-refractivity contribution in [3.05, 3.63) is 53.1 Å². The Balaban J connectivity index is 2.41. The van der Waals surface area contributed by atoms with E-state index in [-0.39, 0.29) is 6.04 Å². The Labute approximate surface area is 162 Å². The third-order valence-corrected chi connectivity index (χ3v) is 6.24. The van der Waals surface area contributed by atoms with Crippen molar-refractivity contribution >= 4 is 10.0 Å². The maximum Gasteiger partial charge on any atom is 0.241 e. The van der Waals surface area contributed by atoms with Crippen LogP contribution in [0.25, 0.3) is 0 Å². The molecule has 2 aromatic carbocycles. The zero-order valence-corrected chi connectivity index (χ0v) is 17.7. The minimum Gasteiger partial charge on any atom is -0.497 e. The Hall–Kier alpha value is -2.05. The van der Waals surface area contributed by atoms with Crippen molar-refractivity contribution < 1.29 is 17.9 Å². The summed E-state index contributed by atoms with van der Waals surface area (Å²) in [5, 5.41) is 0. The average Bonchev–Trinajstić information content (AvgIpc) is 2.59. The Bertz CT molecular complexity index is 851. The first-order chi connectivity index (χ1) is 12.7. The fourth-order valence-electron chi connectivity index (χ4n) is 3.26. The predicted octanol–water partition coefficient (Wildman–Crippen LogP) is 4.39. The number of nitrogens with one attached hydrogen (secondary N) is 1. The van der Waals surface area contributed by atoms with E-state index in [0.717, 1.165) is 11.3 Å². The number of aryl methyl sites for hydroxylation is 2. The van der Waals surface area contributed by atoms with Crippen molar-refractivity contribution in [2.24, 2.45) is 5.92 Å². The van der Waals surface area contributed by atoms with Gasteiger partial charge < -0.3 is 9.47 Å². The van der Waals surface area contributed by atoms with E-state index in [2.05, 4.69) is 18.6 Å². The third kappa shape index (κ3) is 5.23. The molecule has 1 unspecified atom stereocenters. The average molecular weight is 392 g/mol. The molecule has 148 valence electrons. The number of hydrogen-bond donors (Lipinski definition) is 1. The molecule has 2 rings (SSSR count). The van der Waals surface area contributed by atoms with Crippen LogP contribution in [0.1, 0.15) is 43.0 Å². The van der Waals surface area contributed by atoms with E-state index in [4.69, 9.17) is 9.47 Å². The lowest BCUT2D eigenvalue weighted by atomic mass is 9.98. The standard InChI is InChI=1S/C21H29NO4S/c1-14(2)11-20(17-7-9-18(25-5)10-8-17)22-27(23,24)21-15(3)12-19(26-6)13-16(21)4/h7-10,12-14,20,22H,11H2,1-6H3. The monoisotopic (exact) mass is 391 g/mol. The fourth-order valence-corrected chi connectivity index (χ4v) is 4.95. The van der Waals surface area contributed by atoms with Crippen molar-refractivity contribution in [1.29, 1.82) is 0 Å². The van der Waals surface area contributed by atoms with Crippen molar-refractivity contribution in [1.82, 2.24) is 4.72 Å². The van der Waals surface area contributed by atoms with Gasteiger partial charge >= 0.3 is 0 Å². The van der Waals surface area contributed by atoms with Crippen LogP contribution in [-0.2, 0) is 10.0 Å². The molecule has 0 aliphatic rings. The Morgan fingerprint density at radius 3 is 1.89 bits per heavy atom. The van der Waals surface area contributed by atoms with Gasteiger partial charge in [0.15, 0.2) is 0 Å². The predicted molar refractivity (Wildman–Crippen MR) is 108 cm³/mol. The van der Waals surface area contributed by atoms with Gasteiger partial charge in [0.25, 0.3) is 0 Å². The zero-order chi connectivity index (χ0) is 20.2. The van der Waals surface area contributed by atoms with E-state index >= 15 is 0 Å². The lowest BCUT2D eigenvalue weighted by molar-refractivity contribution is 0.413. The summed E-state index contributed by atoms with van der Waals surface area (Å²) in [6.07, 6.45) is 0.694. The maximum atomic E-state index is 13.2. The van der Waals surface area contributed by atoms with E-state index < -0.39 is 10.0 Å². The van der Waals surface area contributed by atoms with Gasteiger partial charge in [-0.3, -0.25) is 0 Å². The summed E-state index contributed by atoms with van der Waals surface area (Å²) < 4.78 is 39.7. The Morgan fingerprint density at radius 1 is 0.926 bits per heavy atom. The van der Waals surface area contributed by atoms with Gasteiger partial charge in [-0.1, -0.05) is 26.0 Å². The summed E-state index contributed by atoms with van der Waals surface area (Å²) in [7, 11) is -0.510. The first kappa shape index (κ1) is 21.3. The van der Waals surface area contributed by atoms with Crippen LogP contribution in [0, 0.1) is 19.8 Å². The van der Waals surface area contributed by atoms with Gasteiger partial charge in [-0.25, -0.2) is 13.1 Å². The van der Waals surface area contributed by atoms with E-state index in [1.165, 1.54) is 0 Å². The molecule has 0 aliphatic carbocycles. The van der Waals surface area contributed by atoms with Crippen LogP contribution < -0.4 is 14.2 Å². The second-order valence-electron chi connectivity index (χ2n) is 7.17. The lowest BCUT2D eigenvalue weighted by Crippen LogP contribution is -2.30. The van der Waals surface area contributed by atoms with Gasteiger partial charge in [0.1, 0.15) is 11.5 Å². The second kappa shape index (κ2) is 8.76. The normalized spacial score (nSPS) is 12.9. The second-order valence-corrected chi connectivity index (χ2v) is 8.82. The van der Waals surface area contributed by atoms with Crippen molar-refractivity contribution in [3.63, 3.8) is 0 Å². The molecule has 0 radical (unpaired) electrons. The van der Waals surface area contributed by atoms with Crippen molar-refractivity contribution in [3.8, 4) is 11.5 Å². The summed E-state index contributed by atoms with van der Waals surface area (Å²) in [6.45, 7) is 7.73. The largest absolute Gasteiger partial charge is 0.497 e. The molecule has 0 amide bonds. The van der Waals surface area contributed by atoms with Gasteiger partial charge in [-0.15, -0.1) is 0 Å². The van der Waals surface area contributed by atoms with E-state index in [1.54, 1.807) is 40.2 Å². The third-order valence-electron chi connectivity index (χ3n) is 4.46. The molecule has 0 aromatic heterocycles. The highest BCUT2D eigenvalue weighted by Gasteiger charge is 2.25. The van der Waals surface area contributed by atoms with Gasteiger partial charge in [0, 0.05) is 6.04 Å².